The molecule has 2 heterocycles. The normalized spacial score (nSPS) is 34.8. The summed E-state index contributed by atoms with van der Waals surface area (Å²) in [5.74, 6) is -3.64. The van der Waals surface area contributed by atoms with E-state index in [0.717, 1.165) is 20.0 Å². The van der Waals surface area contributed by atoms with Crippen molar-refractivity contribution in [1.29, 1.82) is 0 Å². The molecule has 1 unspecified atom stereocenters. The number of nitrogens with one attached hydrogen (secondary N) is 1. The number of nitrogens with two attached hydrogens (primary N) is 1. The van der Waals surface area contributed by atoms with Crippen LogP contribution in [-0.4, -0.2) is 73.1 Å². The number of amides is 2. The van der Waals surface area contributed by atoms with E-state index < -0.39 is 65.0 Å². The van der Waals surface area contributed by atoms with E-state index in [2.05, 4.69) is 21.2 Å². The number of Topliss-reactive ketones (excluding diaryl/α,β-unsaturated/α-hetero) is 2. The lowest BCUT2D eigenvalue weighted by Crippen LogP contribution is -2.73. The number of alkyl halides is 1. The molecule has 3 rings (SSSR count). The fraction of sp³-hybridized carbons (Fsp3) is 0.421. The first-order chi connectivity index (χ1) is 14.8. The van der Waals surface area contributed by atoms with Crippen molar-refractivity contribution in [3.8, 4) is 11.5 Å². The van der Waals surface area contributed by atoms with Crippen molar-refractivity contribution in [3.05, 3.63) is 34.4 Å². The van der Waals surface area contributed by atoms with Gasteiger partial charge in [0.15, 0.2) is 28.7 Å². The molecule has 0 aromatic heterocycles. The summed E-state index contributed by atoms with van der Waals surface area (Å²) in [7, 11) is 0. The summed E-state index contributed by atoms with van der Waals surface area (Å²) < 4.78 is 21.3. The molecule has 11 nitrogen and oxygen atoms in total. The number of phenols is 2. The van der Waals surface area contributed by atoms with E-state index in [1.165, 1.54) is 18.2 Å². The minimum Gasteiger partial charge on any atom is -0.504 e. The number of carbonyl (C=O) groups is 3. The summed E-state index contributed by atoms with van der Waals surface area (Å²) in [4.78, 5) is 38.5. The summed E-state index contributed by atoms with van der Waals surface area (Å²) >= 11 is 3.12. The molecule has 32 heavy (non-hydrogen) atoms. The third-order valence-electron chi connectivity index (χ3n) is 5.67. The van der Waals surface area contributed by atoms with Gasteiger partial charge < -0.3 is 36.2 Å². The zero-order chi connectivity index (χ0) is 24.2. The Morgan fingerprint density at radius 2 is 1.94 bits per heavy atom. The number of para-hydroxylation sites is 1. The zero-order valence-corrected chi connectivity index (χ0v) is 18.5. The van der Waals surface area contributed by atoms with Gasteiger partial charge in [-0.1, -0.05) is 12.1 Å². The van der Waals surface area contributed by atoms with E-state index in [1.807, 2.05) is 0 Å². The molecule has 0 saturated carbocycles. The molecule has 13 heteroatoms. The summed E-state index contributed by atoms with van der Waals surface area (Å²) in [6, 6.07) is 2.59. The molecule has 5 atom stereocenters. The second kappa shape index (κ2) is 7.78. The second-order valence-electron chi connectivity index (χ2n) is 7.51. The first-order valence-electron chi connectivity index (χ1n) is 9.26. The van der Waals surface area contributed by atoms with Crippen molar-refractivity contribution in [2.75, 3.05) is 6.61 Å². The summed E-state index contributed by atoms with van der Waals surface area (Å²) in [6.07, 6.45) is -3.10. The third kappa shape index (κ3) is 2.96. The molecular weight excluding hydrogens is 497 g/mol. The number of aliphatic hydroxyl groups excluding tert-OH is 2. The van der Waals surface area contributed by atoms with Crippen LogP contribution in [0.25, 0.3) is 0 Å². The van der Waals surface area contributed by atoms with Gasteiger partial charge in [-0.25, -0.2) is 9.18 Å². The van der Waals surface area contributed by atoms with Crippen molar-refractivity contribution in [2.45, 2.75) is 43.1 Å². The Balaban J connectivity index is 2.23. The SMILES string of the molecule is CC(=O)[C@@]1(F)[C@H](O)[C@@H](CO)O[C@@]1(C(C)=O)N1C=C(Br)C(N)(c2cccc(O)c2O)NC1=O. The fourth-order valence-electron chi connectivity index (χ4n) is 3.99. The Labute approximate surface area is 189 Å². The molecule has 2 aliphatic rings. The van der Waals surface area contributed by atoms with E-state index in [1.54, 1.807) is 0 Å². The maximum atomic E-state index is 16.1. The van der Waals surface area contributed by atoms with Gasteiger partial charge in [0.1, 0.15) is 12.2 Å². The van der Waals surface area contributed by atoms with Crippen LogP contribution in [0.2, 0.25) is 0 Å². The van der Waals surface area contributed by atoms with Crippen LogP contribution in [0, 0.1) is 0 Å². The number of hydrogen-bond acceptors (Lipinski definition) is 9. The van der Waals surface area contributed by atoms with E-state index in [-0.39, 0.29) is 10.0 Å². The van der Waals surface area contributed by atoms with Crippen molar-refractivity contribution >= 4 is 33.5 Å². The third-order valence-corrected chi connectivity index (χ3v) is 6.50. The van der Waals surface area contributed by atoms with Gasteiger partial charge in [-0.05, 0) is 35.8 Å². The first-order valence-corrected chi connectivity index (χ1v) is 10.1. The van der Waals surface area contributed by atoms with Gasteiger partial charge in [-0.2, -0.15) is 0 Å². The Hall–Kier alpha value is -2.58. The molecule has 0 radical (unpaired) electrons. The van der Waals surface area contributed by atoms with Gasteiger partial charge in [-0.15, -0.1) is 0 Å². The molecule has 174 valence electrons. The Morgan fingerprint density at radius 3 is 2.47 bits per heavy atom. The molecule has 2 amide bonds. The maximum absolute atomic E-state index is 16.1. The van der Waals surface area contributed by atoms with E-state index in [9.17, 15) is 34.8 Å². The molecule has 2 aliphatic heterocycles. The van der Waals surface area contributed by atoms with Gasteiger partial charge in [-0.3, -0.25) is 14.5 Å². The number of urea groups is 1. The molecule has 1 saturated heterocycles. The first kappa shape index (κ1) is 24.1. The molecule has 0 spiro atoms. The lowest BCUT2D eigenvalue weighted by atomic mass is 9.81. The molecule has 0 aliphatic carbocycles. The highest BCUT2D eigenvalue weighted by molar-refractivity contribution is 9.11. The number of aliphatic hydroxyl groups is 2. The molecule has 0 bridgehead atoms. The summed E-state index contributed by atoms with van der Waals surface area (Å²) in [5, 5.41) is 42.1. The molecule has 7 N–H and O–H groups in total. The van der Waals surface area contributed by atoms with Gasteiger partial charge in [0, 0.05) is 11.8 Å². The van der Waals surface area contributed by atoms with Crippen LogP contribution >= 0.6 is 15.9 Å². The highest BCUT2D eigenvalue weighted by atomic mass is 79.9. The Morgan fingerprint density at radius 1 is 1.31 bits per heavy atom. The predicted octanol–water partition coefficient (Wildman–Crippen LogP) is -0.195. The number of carbonyl (C=O) groups excluding carboxylic acids is 3. The highest BCUT2D eigenvalue weighted by Crippen LogP contribution is 2.49. The van der Waals surface area contributed by atoms with Crippen LogP contribution in [0.15, 0.2) is 28.9 Å². The van der Waals surface area contributed by atoms with E-state index >= 15 is 4.39 Å². The van der Waals surface area contributed by atoms with Gasteiger partial charge in [0.25, 0.3) is 11.4 Å². The maximum Gasteiger partial charge on any atom is 0.326 e. The van der Waals surface area contributed by atoms with Crippen molar-refractivity contribution < 1.29 is 43.9 Å². The van der Waals surface area contributed by atoms with Crippen LogP contribution in [-0.2, 0) is 20.0 Å². The smallest absolute Gasteiger partial charge is 0.326 e. The number of benzene rings is 1. The largest absolute Gasteiger partial charge is 0.504 e. The summed E-state index contributed by atoms with van der Waals surface area (Å²) in [6.45, 7) is 0.667. The predicted molar refractivity (Wildman–Crippen MR) is 109 cm³/mol. The highest BCUT2D eigenvalue weighted by Gasteiger charge is 2.75. The van der Waals surface area contributed by atoms with Gasteiger partial charge >= 0.3 is 6.03 Å². The van der Waals surface area contributed by atoms with Crippen LogP contribution < -0.4 is 11.1 Å². The minimum absolute atomic E-state index is 0.137. The van der Waals surface area contributed by atoms with Gasteiger partial charge in [0.05, 0.1) is 11.1 Å². The Bertz CT molecular complexity index is 1040. The molecule has 1 aromatic carbocycles. The van der Waals surface area contributed by atoms with Crippen LogP contribution in [0.4, 0.5) is 9.18 Å². The zero-order valence-electron chi connectivity index (χ0n) is 16.9. The lowest BCUT2D eigenvalue weighted by Gasteiger charge is -2.47. The topological polar surface area (TPSA) is 183 Å². The van der Waals surface area contributed by atoms with Gasteiger partial charge in [0.2, 0.25) is 0 Å². The quantitative estimate of drug-likeness (QED) is 0.288. The molecular formula is C19H21BrFN3O8. The molecule has 1 aromatic rings. The Kier molecular flexibility index (Phi) is 5.85. The monoisotopic (exact) mass is 517 g/mol. The number of rotatable bonds is 5. The van der Waals surface area contributed by atoms with Crippen LogP contribution in [0.3, 0.4) is 0 Å². The number of hydrogen-bond donors (Lipinski definition) is 6. The second-order valence-corrected chi connectivity index (χ2v) is 8.36. The lowest BCUT2D eigenvalue weighted by molar-refractivity contribution is -0.188. The average Bonchev–Trinajstić information content (AvgIpc) is 2.96. The minimum atomic E-state index is -3.44. The number of aromatic hydroxyl groups is 2. The number of ether oxygens (including phenoxy) is 1. The van der Waals surface area contributed by atoms with Crippen LogP contribution in [0.1, 0.15) is 19.4 Å². The van der Waals surface area contributed by atoms with Crippen molar-refractivity contribution in [1.82, 2.24) is 10.2 Å². The number of ketones is 2. The fourth-order valence-corrected chi connectivity index (χ4v) is 4.51. The number of nitrogens with zero attached hydrogens (tertiary/aromatic N) is 1. The van der Waals surface area contributed by atoms with Crippen LogP contribution in [0.5, 0.6) is 11.5 Å². The number of phenolic OH excluding ortho intramolecular Hbond substituents is 2. The summed E-state index contributed by atoms with van der Waals surface area (Å²) in [5.41, 5.74) is -2.28. The standard InChI is InChI=1S/C19H21BrFN3O8/c1-8(26)17(21)15(30)12(7-25)32-19(17,9(2)27)24-6-13(20)18(22,23-16(24)31)10-4-3-5-11(28)14(10)29/h3-6,12,15,25,28-30H,7,22H2,1-2H3,(H,23,31)/t12-,15-,17-,18?,19-/m1/s1. The average molecular weight is 518 g/mol. The number of halogens is 2. The van der Waals surface area contributed by atoms with E-state index in [4.69, 9.17) is 10.5 Å². The van der Waals surface area contributed by atoms with E-state index in [0.29, 0.717) is 4.90 Å². The van der Waals surface area contributed by atoms with Crippen molar-refractivity contribution in [2.24, 2.45) is 5.73 Å². The molecule has 1 fully saturated rings. The van der Waals surface area contributed by atoms with Crippen molar-refractivity contribution in [3.63, 3.8) is 0 Å².